The number of ether oxygens (including phenoxy) is 1. The lowest BCUT2D eigenvalue weighted by Gasteiger charge is -2.17. The molecule has 0 aromatic heterocycles. The van der Waals surface area contributed by atoms with Gasteiger partial charge in [-0.3, -0.25) is 4.79 Å². The van der Waals surface area contributed by atoms with Gasteiger partial charge >= 0.3 is 5.97 Å². The van der Waals surface area contributed by atoms with Crippen LogP contribution in [0.4, 0.5) is 0 Å². The Balaban J connectivity index is 3.11. The number of esters is 1. The zero-order valence-electron chi connectivity index (χ0n) is 13.1. The highest BCUT2D eigenvalue weighted by molar-refractivity contribution is 6.19. The first kappa shape index (κ1) is 17.0. The SMILES string of the molecule is CCOC(=O)/C(=C\N(C)C)C(=O)C(CC)c1ccccc1. The van der Waals surface area contributed by atoms with Crippen LogP contribution in [0.1, 0.15) is 31.7 Å². The van der Waals surface area contributed by atoms with E-state index in [0.29, 0.717) is 6.42 Å². The fourth-order valence-corrected chi connectivity index (χ4v) is 2.13. The Morgan fingerprint density at radius 2 is 1.81 bits per heavy atom. The van der Waals surface area contributed by atoms with Crippen molar-refractivity contribution < 1.29 is 14.3 Å². The highest BCUT2D eigenvalue weighted by atomic mass is 16.5. The summed E-state index contributed by atoms with van der Waals surface area (Å²) >= 11 is 0. The zero-order chi connectivity index (χ0) is 15.8. The molecule has 0 N–H and O–H groups in total. The van der Waals surface area contributed by atoms with Gasteiger partial charge in [-0.05, 0) is 18.9 Å². The molecule has 4 nitrogen and oxygen atoms in total. The van der Waals surface area contributed by atoms with Crippen LogP contribution >= 0.6 is 0 Å². The summed E-state index contributed by atoms with van der Waals surface area (Å²) in [6.07, 6.45) is 2.17. The highest BCUT2D eigenvalue weighted by Crippen LogP contribution is 2.24. The summed E-state index contributed by atoms with van der Waals surface area (Å²) in [7, 11) is 3.55. The van der Waals surface area contributed by atoms with Crippen LogP contribution in [0.3, 0.4) is 0 Å². The molecule has 0 saturated heterocycles. The molecular weight excluding hydrogens is 266 g/mol. The molecule has 21 heavy (non-hydrogen) atoms. The van der Waals surface area contributed by atoms with Gasteiger partial charge in [0.25, 0.3) is 0 Å². The maximum Gasteiger partial charge on any atom is 0.343 e. The Labute approximate surface area is 126 Å². The van der Waals surface area contributed by atoms with E-state index in [1.54, 1.807) is 25.9 Å². The van der Waals surface area contributed by atoms with E-state index in [0.717, 1.165) is 5.56 Å². The van der Waals surface area contributed by atoms with Crippen LogP contribution in [0.5, 0.6) is 0 Å². The summed E-state index contributed by atoms with van der Waals surface area (Å²) < 4.78 is 5.00. The number of ketones is 1. The Morgan fingerprint density at radius 1 is 1.19 bits per heavy atom. The molecule has 114 valence electrons. The quantitative estimate of drug-likeness (QED) is 0.335. The van der Waals surface area contributed by atoms with Gasteiger partial charge in [-0.2, -0.15) is 0 Å². The van der Waals surface area contributed by atoms with Gasteiger partial charge < -0.3 is 9.64 Å². The number of rotatable bonds is 7. The Bertz CT molecular complexity index is 506. The van der Waals surface area contributed by atoms with E-state index in [1.165, 1.54) is 6.20 Å². The summed E-state index contributed by atoms with van der Waals surface area (Å²) in [6.45, 7) is 3.91. The van der Waals surface area contributed by atoms with Crippen molar-refractivity contribution in [1.82, 2.24) is 4.90 Å². The zero-order valence-corrected chi connectivity index (χ0v) is 13.1. The van der Waals surface area contributed by atoms with Crippen molar-refractivity contribution in [2.45, 2.75) is 26.2 Å². The molecule has 4 heteroatoms. The largest absolute Gasteiger partial charge is 0.462 e. The van der Waals surface area contributed by atoms with Crippen molar-refractivity contribution in [3.8, 4) is 0 Å². The third kappa shape index (κ3) is 4.74. The van der Waals surface area contributed by atoms with Crippen LogP contribution in [0.25, 0.3) is 0 Å². The van der Waals surface area contributed by atoms with Crippen LogP contribution in [0.15, 0.2) is 42.1 Å². The molecule has 0 heterocycles. The van der Waals surface area contributed by atoms with Crippen molar-refractivity contribution in [3.63, 3.8) is 0 Å². The standard InChI is InChI=1S/C17H23NO3/c1-5-14(13-10-8-7-9-11-13)16(19)15(12-18(3)4)17(20)21-6-2/h7-12,14H,5-6H2,1-4H3/b15-12-. The maximum absolute atomic E-state index is 12.7. The molecule has 0 fully saturated rings. The van der Waals surface area contributed by atoms with E-state index >= 15 is 0 Å². The molecule has 0 aliphatic carbocycles. The van der Waals surface area contributed by atoms with E-state index in [9.17, 15) is 9.59 Å². The van der Waals surface area contributed by atoms with Gasteiger partial charge in [0.1, 0.15) is 5.57 Å². The Kier molecular flexibility index (Phi) is 6.66. The lowest BCUT2D eigenvalue weighted by atomic mass is 9.88. The topological polar surface area (TPSA) is 46.6 Å². The molecule has 1 atom stereocenters. The van der Waals surface area contributed by atoms with Gasteiger partial charge in [-0.15, -0.1) is 0 Å². The summed E-state index contributed by atoms with van der Waals surface area (Å²) in [4.78, 5) is 26.4. The number of carbonyl (C=O) groups excluding carboxylic acids is 2. The third-order valence-corrected chi connectivity index (χ3v) is 3.07. The van der Waals surface area contributed by atoms with Gasteiger partial charge in [-0.25, -0.2) is 4.79 Å². The van der Waals surface area contributed by atoms with Gasteiger partial charge in [0.05, 0.1) is 6.61 Å². The van der Waals surface area contributed by atoms with E-state index in [-0.39, 0.29) is 23.9 Å². The molecule has 1 rings (SSSR count). The highest BCUT2D eigenvalue weighted by Gasteiger charge is 2.27. The predicted molar refractivity (Wildman–Crippen MR) is 82.9 cm³/mol. The summed E-state index contributed by atoms with van der Waals surface area (Å²) in [6, 6.07) is 9.51. The molecule has 0 aliphatic heterocycles. The molecule has 0 radical (unpaired) electrons. The molecular formula is C17H23NO3. The molecule has 1 aromatic rings. The van der Waals surface area contributed by atoms with E-state index in [4.69, 9.17) is 4.74 Å². The van der Waals surface area contributed by atoms with Crippen LogP contribution in [0, 0.1) is 0 Å². The minimum Gasteiger partial charge on any atom is -0.462 e. The van der Waals surface area contributed by atoms with Crippen LogP contribution in [0.2, 0.25) is 0 Å². The predicted octanol–water partition coefficient (Wildman–Crippen LogP) is 2.76. The van der Waals surface area contributed by atoms with E-state index in [2.05, 4.69) is 0 Å². The normalized spacial score (nSPS) is 12.7. The molecule has 0 saturated carbocycles. The monoisotopic (exact) mass is 289 g/mol. The second kappa shape index (κ2) is 8.25. The number of carbonyl (C=O) groups is 2. The second-order valence-electron chi connectivity index (χ2n) is 4.96. The Morgan fingerprint density at radius 3 is 2.29 bits per heavy atom. The van der Waals surface area contributed by atoms with Crippen molar-refractivity contribution in [2.75, 3.05) is 20.7 Å². The fourth-order valence-electron chi connectivity index (χ4n) is 2.13. The molecule has 0 spiro atoms. The fraction of sp³-hybridized carbons (Fsp3) is 0.412. The smallest absolute Gasteiger partial charge is 0.343 e. The summed E-state index contributed by atoms with van der Waals surface area (Å²) in [5.41, 5.74) is 1.01. The van der Waals surface area contributed by atoms with E-state index < -0.39 is 5.97 Å². The van der Waals surface area contributed by atoms with Gasteiger partial charge in [-0.1, -0.05) is 37.3 Å². The molecule has 0 aliphatic rings. The van der Waals surface area contributed by atoms with Crippen molar-refractivity contribution in [2.24, 2.45) is 0 Å². The number of hydrogen-bond acceptors (Lipinski definition) is 4. The van der Waals surface area contributed by atoms with Crippen molar-refractivity contribution in [3.05, 3.63) is 47.7 Å². The van der Waals surface area contributed by atoms with Gasteiger partial charge in [0.2, 0.25) is 0 Å². The maximum atomic E-state index is 12.7. The minimum atomic E-state index is -0.564. The molecule has 1 unspecified atom stereocenters. The van der Waals surface area contributed by atoms with Gasteiger partial charge in [0.15, 0.2) is 5.78 Å². The first-order chi connectivity index (χ1) is 10.0. The van der Waals surface area contributed by atoms with Crippen LogP contribution in [-0.4, -0.2) is 37.4 Å². The molecule has 0 bridgehead atoms. The molecule has 0 amide bonds. The second-order valence-corrected chi connectivity index (χ2v) is 4.96. The van der Waals surface area contributed by atoms with Crippen molar-refractivity contribution >= 4 is 11.8 Å². The number of benzene rings is 1. The number of Topliss-reactive ketones (excluding diaryl/α,β-unsaturated/α-hetero) is 1. The van der Waals surface area contributed by atoms with Gasteiger partial charge in [0, 0.05) is 26.2 Å². The lowest BCUT2D eigenvalue weighted by molar-refractivity contribution is -0.140. The first-order valence-corrected chi connectivity index (χ1v) is 7.15. The Hall–Kier alpha value is -2.10. The van der Waals surface area contributed by atoms with E-state index in [1.807, 2.05) is 37.3 Å². The summed E-state index contributed by atoms with van der Waals surface area (Å²) in [5.74, 6) is -1.09. The third-order valence-electron chi connectivity index (χ3n) is 3.07. The minimum absolute atomic E-state index is 0.0950. The molecule has 1 aromatic carbocycles. The van der Waals surface area contributed by atoms with Crippen LogP contribution < -0.4 is 0 Å². The number of nitrogens with zero attached hydrogens (tertiary/aromatic N) is 1. The van der Waals surface area contributed by atoms with Crippen molar-refractivity contribution in [1.29, 1.82) is 0 Å². The summed E-state index contributed by atoms with van der Waals surface area (Å²) in [5, 5.41) is 0. The average molecular weight is 289 g/mol. The number of hydrogen-bond donors (Lipinski definition) is 0. The average Bonchev–Trinajstić information content (AvgIpc) is 2.46. The van der Waals surface area contributed by atoms with Crippen LogP contribution in [-0.2, 0) is 14.3 Å². The first-order valence-electron chi connectivity index (χ1n) is 7.15. The lowest BCUT2D eigenvalue weighted by Crippen LogP contribution is -2.23.